The predicted octanol–water partition coefficient (Wildman–Crippen LogP) is 3.58. The highest BCUT2D eigenvalue weighted by Crippen LogP contribution is 2.54. The van der Waals surface area contributed by atoms with Crippen molar-refractivity contribution in [2.75, 3.05) is 0 Å². The van der Waals surface area contributed by atoms with Gasteiger partial charge in [0.25, 0.3) is 0 Å². The van der Waals surface area contributed by atoms with Crippen LogP contribution in [0.15, 0.2) is 0 Å². The molecule has 0 aromatic rings. The normalized spacial score (nSPS) is 38.6. The molecule has 3 aliphatic rings. The number of hydrogen-bond donors (Lipinski definition) is 0. The lowest BCUT2D eigenvalue weighted by Crippen LogP contribution is -2.48. The summed E-state index contributed by atoms with van der Waals surface area (Å²) in [4.78, 5) is 2.98. The smallest absolute Gasteiger partial charge is 0.0219 e. The summed E-state index contributed by atoms with van der Waals surface area (Å²) in [6.45, 7) is 4.79. The molecular weight excluding hydrogens is 182 g/mol. The SMILES string of the molecule is CC(C)CC1(N2C3CCCC2CC3)CC1. The maximum Gasteiger partial charge on any atom is 0.0219 e. The number of hydrogen-bond acceptors (Lipinski definition) is 1. The first-order chi connectivity index (χ1) is 7.21. The quantitative estimate of drug-likeness (QED) is 0.683. The molecule has 2 heterocycles. The molecule has 0 aromatic heterocycles. The van der Waals surface area contributed by atoms with Gasteiger partial charge in [-0.3, -0.25) is 4.90 Å². The Balaban J connectivity index is 1.76. The number of fused-ring (bicyclic) bond motifs is 2. The van der Waals surface area contributed by atoms with Crippen molar-refractivity contribution in [1.29, 1.82) is 0 Å². The third kappa shape index (κ3) is 1.63. The fourth-order valence-electron chi connectivity index (χ4n) is 4.36. The second kappa shape index (κ2) is 3.48. The van der Waals surface area contributed by atoms with Crippen LogP contribution >= 0.6 is 0 Å². The molecule has 2 unspecified atom stereocenters. The highest BCUT2D eigenvalue weighted by Gasteiger charge is 2.55. The Bertz CT molecular complexity index is 226. The molecule has 1 heteroatoms. The van der Waals surface area contributed by atoms with E-state index in [1.807, 2.05) is 0 Å². The zero-order valence-corrected chi connectivity index (χ0v) is 10.3. The zero-order chi connectivity index (χ0) is 10.5. The maximum absolute atomic E-state index is 2.98. The van der Waals surface area contributed by atoms with Crippen LogP contribution in [0.5, 0.6) is 0 Å². The molecule has 0 spiro atoms. The van der Waals surface area contributed by atoms with E-state index >= 15 is 0 Å². The molecule has 0 N–H and O–H groups in total. The first-order valence-corrected chi connectivity index (χ1v) is 7.00. The van der Waals surface area contributed by atoms with Crippen molar-refractivity contribution in [2.24, 2.45) is 5.92 Å². The van der Waals surface area contributed by atoms with E-state index in [1.165, 1.54) is 51.4 Å². The van der Waals surface area contributed by atoms with Gasteiger partial charge in [0.2, 0.25) is 0 Å². The fourth-order valence-corrected chi connectivity index (χ4v) is 4.36. The van der Waals surface area contributed by atoms with Crippen molar-refractivity contribution >= 4 is 0 Å². The summed E-state index contributed by atoms with van der Waals surface area (Å²) < 4.78 is 0. The maximum atomic E-state index is 2.98. The highest BCUT2D eigenvalue weighted by atomic mass is 15.3. The molecule has 0 amide bonds. The minimum Gasteiger partial charge on any atom is -0.292 e. The molecule has 3 fully saturated rings. The van der Waals surface area contributed by atoms with E-state index in [0.29, 0.717) is 5.54 Å². The van der Waals surface area contributed by atoms with E-state index in [-0.39, 0.29) is 0 Å². The Hall–Kier alpha value is -0.0400. The summed E-state index contributed by atoms with van der Waals surface area (Å²) in [5.41, 5.74) is 0.681. The topological polar surface area (TPSA) is 3.24 Å². The van der Waals surface area contributed by atoms with E-state index in [0.717, 1.165) is 18.0 Å². The Morgan fingerprint density at radius 1 is 1.07 bits per heavy atom. The lowest BCUT2D eigenvalue weighted by atomic mass is 9.94. The third-order valence-corrected chi connectivity index (χ3v) is 4.86. The average molecular weight is 207 g/mol. The van der Waals surface area contributed by atoms with Crippen molar-refractivity contribution in [3.63, 3.8) is 0 Å². The second-order valence-electron chi connectivity index (χ2n) is 6.55. The van der Waals surface area contributed by atoms with Crippen LogP contribution in [-0.4, -0.2) is 22.5 Å². The van der Waals surface area contributed by atoms with Crippen LogP contribution in [0.4, 0.5) is 0 Å². The van der Waals surface area contributed by atoms with Crippen LogP contribution in [0.1, 0.15) is 65.2 Å². The van der Waals surface area contributed by atoms with Crippen LogP contribution in [0.25, 0.3) is 0 Å². The summed E-state index contributed by atoms with van der Waals surface area (Å²) in [5, 5.41) is 0. The summed E-state index contributed by atoms with van der Waals surface area (Å²) >= 11 is 0. The largest absolute Gasteiger partial charge is 0.292 e. The van der Waals surface area contributed by atoms with Crippen LogP contribution in [0, 0.1) is 5.92 Å². The molecule has 15 heavy (non-hydrogen) atoms. The van der Waals surface area contributed by atoms with E-state index in [9.17, 15) is 0 Å². The Kier molecular flexibility index (Phi) is 2.35. The number of nitrogens with zero attached hydrogens (tertiary/aromatic N) is 1. The zero-order valence-electron chi connectivity index (χ0n) is 10.3. The van der Waals surface area contributed by atoms with Crippen LogP contribution < -0.4 is 0 Å². The van der Waals surface area contributed by atoms with Gasteiger partial charge in [-0.25, -0.2) is 0 Å². The van der Waals surface area contributed by atoms with Gasteiger partial charge >= 0.3 is 0 Å². The second-order valence-corrected chi connectivity index (χ2v) is 6.55. The molecule has 1 aliphatic carbocycles. The van der Waals surface area contributed by atoms with Crippen molar-refractivity contribution in [1.82, 2.24) is 4.90 Å². The van der Waals surface area contributed by atoms with Gasteiger partial charge in [0.05, 0.1) is 0 Å². The summed E-state index contributed by atoms with van der Waals surface area (Å²) in [6.07, 6.45) is 12.0. The Morgan fingerprint density at radius 2 is 1.67 bits per heavy atom. The molecule has 0 aromatic carbocycles. The first kappa shape index (κ1) is 10.1. The summed E-state index contributed by atoms with van der Waals surface area (Å²) in [5.74, 6) is 0.883. The van der Waals surface area contributed by atoms with E-state index in [2.05, 4.69) is 18.7 Å². The molecule has 2 atom stereocenters. The van der Waals surface area contributed by atoms with Gasteiger partial charge in [-0.1, -0.05) is 20.3 Å². The number of piperidine rings is 1. The summed E-state index contributed by atoms with van der Waals surface area (Å²) in [7, 11) is 0. The van der Waals surface area contributed by atoms with Gasteiger partial charge in [-0.15, -0.1) is 0 Å². The van der Waals surface area contributed by atoms with Gasteiger partial charge in [0, 0.05) is 17.6 Å². The van der Waals surface area contributed by atoms with Crippen LogP contribution in [0.2, 0.25) is 0 Å². The lowest BCUT2D eigenvalue weighted by molar-refractivity contribution is 0.0593. The molecule has 2 saturated heterocycles. The number of rotatable bonds is 3. The monoisotopic (exact) mass is 207 g/mol. The van der Waals surface area contributed by atoms with Crippen LogP contribution in [0.3, 0.4) is 0 Å². The fraction of sp³-hybridized carbons (Fsp3) is 1.00. The van der Waals surface area contributed by atoms with Crippen molar-refractivity contribution in [3.8, 4) is 0 Å². The minimum atomic E-state index is 0.681. The highest BCUT2D eigenvalue weighted by molar-refractivity contribution is 5.11. The van der Waals surface area contributed by atoms with Gasteiger partial charge in [0.15, 0.2) is 0 Å². The first-order valence-electron chi connectivity index (χ1n) is 7.00. The third-order valence-electron chi connectivity index (χ3n) is 4.86. The van der Waals surface area contributed by atoms with E-state index in [4.69, 9.17) is 0 Å². The molecule has 3 rings (SSSR count). The van der Waals surface area contributed by atoms with Gasteiger partial charge in [-0.05, 0) is 50.9 Å². The van der Waals surface area contributed by atoms with Crippen molar-refractivity contribution < 1.29 is 0 Å². The molecule has 0 radical (unpaired) electrons. The molecule has 1 nitrogen and oxygen atoms in total. The van der Waals surface area contributed by atoms with Crippen molar-refractivity contribution in [3.05, 3.63) is 0 Å². The van der Waals surface area contributed by atoms with Crippen LogP contribution in [-0.2, 0) is 0 Å². The molecular formula is C14H25N. The molecule has 2 bridgehead atoms. The molecule has 2 aliphatic heterocycles. The standard InChI is InChI=1S/C14H25N/c1-11(2)10-14(8-9-14)15-12-4-3-5-13(15)7-6-12/h11-13H,3-10H2,1-2H3. The van der Waals surface area contributed by atoms with Crippen molar-refractivity contribution in [2.45, 2.75) is 82.8 Å². The van der Waals surface area contributed by atoms with Gasteiger partial charge in [0.1, 0.15) is 0 Å². The van der Waals surface area contributed by atoms with E-state index < -0.39 is 0 Å². The van der Waals surface area contributed by atoms with Gasteiger partial charge < -0.3 is 0 Å². The van der Waals surface area contributed by atoms with Gasteiger partial charge in [-0.2, -0.15) is 0 Å². The lowest BCUT2D eigenvalue weighted by Gasteiger charge is -2.42. The Morgan fingerprint density at radius 3 is 2.13 bits per heavy atom. The predicted molar refractivity (Wildman–Crippen MR) is 63.9 cm³/mol. The Labute approximate surface area is 94.2 Å². The minimum absolute atomic E-state index is 0.681. The molecule has 86 valence electrons. The molecule has 1 saturated carbocycles. The van der Waals surface area contributed by atoms with E-state index in [1.54, 1.807) is 0 Å². The summed E-state index contributed by atoms with van der Waals surface area (Å²) in [6, 6.07) is 1.95. The average Bonchev–Trinajstić information content (AvgIpc) is 2.89.